The van der Waals surface area contributed by atoms with E-state index in [0.29, 0.717) is 12.4 Å². The van der Waals surface area contributed by atoms with Crippen LogP contribution in [0.1, 0.15) is 15.9 Å². The van der Waals surface area contributed by atoms with Crippen LogP contribution in [0.25, 0.3) is 0 Å². The van der Waals surface area contributed by atoms with Crippen LogP contribution >= 0.6 is 22.6 Å². The Labute approximate surface area is 124 Å². The minimum absolute atomic E-state index is 0.233. The first kappa shape index (κ1) is 13.8. The van der Waals surface area contributed by atoms with Crippen molar-refractivity contribution in [1.82, 2.24) is 4.98 Å². The zero-order valence-electron chi connectivity index (χ0n) is 10.0. The van der Waals surface area contributed by atoms with E-state index in [2.05, 4.69) is 27.6 Å². The fourth-order valence-corrected chi connectivity index (χ4v) is 2.06. The number of benzene rings is 1. The second-order valence-corrected chi connectivity index (χ2v) is 5.07. The van der Waals surface area contributed by atoms with E-state index >= 15 is 0 Å². The quantitative estimate of drug-likeness (QED) is 0.824. The Balaban J connectivity index is 1.99. The summed E-state index contributed by atoms with van der Waals surface area (Å²) in [6, 6.07) is 8.72. The van der Waals surface area contributed by atoms with Crippen LogP contribution in [0.15, 0.2) is 42.7 Å². The van der Waals surface area contributed by atoms with Gasteiger partial charge in [0.15, 0.2) is 0 Å². The van der Waals surface area contributed by atoms with Crippen LogP contribution in [0, 0.1) is 3.57 Å². The predicted molar refractivity (Wildman–Crippen MR) is 79.6 cm³/mol. The molecule has 98 valence electrons. The molecule has 19 heavy (non-hydrogen) atoms. The molecule has 1 heterocycles. The van der Waals surface area contributed by atoms with Gasteiger partial charge in [-0.15, -0.1) is 0 Å². The third kappa shape index (κ3) is 3.92. The van der Waals surface area contributed by atoms with Gasteiger partial charge in [0.1, 0.15) is 5.75 Å². The smallest absolute Gasteiger partial charge is 0.335 e. The van der Waals surface area contributed by atoms with Crippen LogP contribution < -0.4 is 4.74 Å². The Morgan fingerprint density at radius 3 is 2.89 bits per heavy atom. The lowest BCUT2D eigenvalue weighted by Crippen LogP contribution is -2.04. The maximum absolute atomic E-state index is 10.9. The minimum atomic E-state index is -0.950. The molecule has 0 fully saturated rings. The lowest BCUT2D eigenvalue weighted by Gasteiger charge is -2.09. The fraction of sp³-hybridized carbons (Fsp3) is 0.143. The van der Waals surface area contributed by atoms with Crippen molar-refractivity contribution in [2.75, 3.05) is 6.61 Å². The van der Waals surface area contributed by atoms with E-state index in [-0.39, 0.29) is 5.56 Å². The highest BCUT2D eigenvalue weighted by atomic mass is 127. The average molecular weight is 369 g/mol. The summed E-state index contributed by atoms with van der Waals surface area (Å²) < 4.78 is 6.53. The van der Waals surface area contributed by atoms with Gasteiger partial charge in [0.05, 0.1) is 15.7 Å². The van der Waals surface area contributed by atoms with Crippen molar-refractivity contribution in [3.05, 3.63) is 57.4 Å². The number of carboxylic acid groups (broad SMARTS) is 1. The Hall–Kier alpha value is -1.63. The Bertz CT molecular complexity index is 572. The first-order valence-electron chi connectivity index (χ1n) is 5.71. The monoisotopic (exact) mass is 369 g/mol. The van der Waals surface area contributed by atoms with Crippen LogP contribution in [0.3, 0.4) is 0 Å². The molecule has 0 saturated carbocycles. The van der Waals surface area contributed by atoms with Gasteiger partial charge in [-0.3, -0.25) is 4.98 Å². The van der Waals surface area contributed by atoms with E-state index in [1.54, 1.807) is 30.6 Å². The van der Waals surface area contributed by atoms with Crippen molar-refractivity contribution in [1.29, 1.82) is 0 Å². The molecule has 4 nitrogen and oxygen atoms in total. The molecule has 2 rings (SSSR count). The summed E-state index contributed by atoms with van der Waals surface area (Å²) in [5.74, 6) is -0.349. The van der Waals surface area contributed by atoms with E-state index in [4.69, 9.17) is 9.84 Å². The lowest BCUT2D eigenvalue weighted by molar-refractivity contribution is 0.0696. The molecule has 1 N–H and O–H groups in total. The zero-order valence-corrected chi connectivity index (χ0v) is 12.2. The molecule has 2 aromatic rings. The summed E-state index contributed by atoms with van der Waals surface area (Å²) >= 11 is 2.12. The van der Waals surface area contributed by atoms with Gasteiger partial charge in [0.2, 0.25) is 0 Å². The van der Waals surface area contributed by atoms with E-state index in [1.807, 2.05) is 12.1 Å². The number of hydrogen-bond acceptors (Lipinski definition) is 3. The second-order valence-electron chi connectivity index (χ2n) is 3.91. The van der Waals surface area contributed by atoms with E-state index in [1.165, 1.54) is 0 Å². The summed E-state index contributed by atoms with van der Waals surface area (Å²) in [7, 11) is 0. The SMILES string of the molecule is O=C(O)c1ccc(I)c(OCCc2cccnc2)c1. The number of hydrogen-bond donors (Lipinski definition) is 1. The predicted octanol–water partition coefficient (Wildman–Crippen LogP) is 3.01. The van der Waals surface area contributed by atoms with Gasteiger partial charge >= 0.3 is 5.97 Å². The Morgan fingerprint density at radius 2 is 2.21 bits per heavy atom. The number of rotatable bonds is 5. The van der Waals surface area contributed by atoms with Gasteiger partial charge in [-0.2, -0.15) is 0 Å². The van der Waals surface area contributed by atoms with E-state index in [9.17, 15) is 4.79 Å². The number of halogens is 1. The number of carbonyl (C=O) groups is 1. The molecular weight excluding hydrogens is 357 g/mol. The molecule has 0 amide bonds. The Kier molecular flexibility index (Phi) is 4.73. The van der Waals surface area contributed by atoms with Gasteiger partial charge < -0.3 is 9.84 Å². The molecule has 1 aromatic carbocycles. The van der Waals surface area contributed by atoms with Gasteiger partial charge in [0, 0.05) is 18.8 Å². The third-order valence-electron chi connectivity index (χ3n) is 2.55. The average Bonchev–Trinajstić information content (AvgIpc) is 2.42. The topological polar surface area (TPSA) is 59.4 Å². The zero-order chi connectivity index (χ0) is 13.7. The molecule has 0 aliphatic carbocycles. The summed E-state index contributed by atoms with van der Waals surface area (Å²) in [6.07, 6.45) is 4.26. The highest BCUT2D eigenvalue weighted by Gasteiger charge is 2.07. The molecule has 0 radical (unpaired) electrons. The van der Waals surface area contributed by atoms with Crippen molar-refractivity contribution in [3.63, 3.8) is 0 Å². The highest BCUT2D eigenvalue weighted by molar-refractivity contribution is 14.1. The number of carboxylic acids is 1. The lowest BCUT2D eigenvalue weighted by atomic mass is 10.2. The minimum Gasteiger partial charge on any atom is -0.492 e. The summed E-state index contributed by atoms with van der Waals surface area (Å²) in [4.78, 5) is 14.9. The number of aromatic nitrogens is 1. The first-order chi connectivity index (χ1) is 9.16. The normalized spacial score (nSPS) is 10.2. The molecule has 0 saturated heterocycles. The van der Waals surface area contributed by atoms with Crippen molar-refractivity contribution in [2.45, 2.75) is 6.42 Å². The van der Waals surface area contributed by atoms with E-state index in [0.717, 1.165) is 15.6 Å². The molecule has 0 aliphatic heterocycles. The van der Waals surface area contributed by atoms with E-state index < -0.39 is 5.97 Å². The molecule has 0 unspecified atom stereocenters. The van der Waals surface area contributed by atoms with Crippen molar-refractivity contribution < 1.29 is 14.6 Å². The fourth-order valence-electron chi connectivity index (χ4n) is 1.57. The highest BCUT2D eigenvalue weighted by Crippen LogP contribution is 2.22. The first-order valence-corrected chi connectivity index (χ1v) is 6.79. The molecule has 0 aliphatic rings. The Morgan fingerprint density at radius 1 is 1.37 bits per heavy atom. The van der Waals surface area contributed by atoms with Crippen LogP contribution in [-0.2, 0) is 6.42 Å². The summed E-state index contributed by atoms with van der Waals surface area (Å²) in [5.41, 5.74) is 1.32. The standard InChI is InChI=1S/C14H12INO3/c15-12-4-3-11(14(17)18)8-13(12)19-7-5-10-2-1-6-16-9-10/h1-4,6,8-9H,5,7H2,(H,17,18). The second kappa shape index (κ2) is 6.51. The van der Waals surface area contributed by atoms with Crippen LogP contribution in [-0.4, -0.2) is 22.7 Å². The van der Waals surface area contributed by atoms with Crippen molar-refractivity contribution in [3.8, 4) is 5.75 Å². The van der Waals surface area contributed by atoms with Gasteiger partial charge in [-0.1, -0.05) is 6.07 Å². The largest absolute Gasteiger partial charge is 0.492 e. The van der Waals surface area contributed by atoms with Gasteiger partial charge in [-0.25, -0.2) is 4.79 Å². The van der Waals surface area contributed by atoms with Crippen LogP contribution in [0.4, 0.5) is 0 Å². The van der Waals surface area contributed by atoms with Crippen molar-refractivity contribution >= 4 is 28.6 Å². The van der Waals surface area contributed by atoms with Crippen LogP contribution in [0.2, 0.25) is 0 Å². The molecule has 0 bridgehead atoms. The molecule has 0 atom stereocenters. The number of nitrogens with zero attached hydrogens (tertiary/aromatic N) is 1. The maximum Gasteiger partial charge on any atom is 0.335 e. The molecular formula is C14H12INO3. The molecule has 1 aromatic heterocycles. The molecule has 0 spiro atoms. The number of ether oxygens (including phenoxy) is 1. The van der Waals surface area contributed by atoms with Crippen molar-refractivity contribution in [2.24, 2.45) is 0 Å². The molecule has 5 heteroatoms. The van der Waals surface area contributed by atoms with Gasteiger partial charge in [-0.05, 0) is 52.4 Å². The van der Waals surface area contributed by atoms with Gasteiger partial charge in [0.25, 0.3) is 0 Å². The summed E-state index contributed by atoms with van der Waals surface area (Å²) in [5, 5.41) is 8.94. The maximum atomic E-state index is 10.9. The summed E-state index contributed by atoms with van der Waals surface area (Å²) in [6.45, 7) is 0.491. The number of aromatic carboxylic acids is 1. The third-order valence-corrected chi connectivity index (χ3v) is 3.44. The van der Waals surface area contributed by atoms with Crippen LogP contribution in [0.5, 0.6) is 5.75 Å². The number of pyridine rings is 1.